The van der Waals surface area contributed by atoms with Crippen LogP contribution in [-0.2, 0) is 5.54 Å². The van der Waals surface area contributed by atoms with Gasteiger partial charge < -0.3 is 0 Å². The Kier molecular flexibility index (Phi) is 4.15. The maximum Gasteiger partial charge on any atom is 0.213 e. The summed E-state index contributed by atoms with van der Waals surface area (Å²) < 4.78 is 2.51. The van der Waals surface area contributed by atoms with Crippen molar-refractivity contribution in [3.05, 3.63) is 60.3 Å². The molecule has 0 fully saturated rings. The summed E-state index contributed by atoms with van der Waals surface area (Å²) >= 11 is 0. The number of fused-ring (bicyclic) bond motifs is 3. The largest absolute Gasteiger partial charge is 0.213 e. The monoisotopic (exact) mass is 292 g/mol. The normalized spacial score (nSPS) is 20.9. The average molecular weight is 292 g/mol. The van der Waals surface area contributed by atoms with E-state index in [1.807, 2.05) is 0 Å². The number of benzene rings is 1. The second-order valence-electron chi connectivity index (χ2n) is 6.41. The molecule has 0 amide bonds. The molecule has 1 aromatic carbocycles. The molecular formula is C21H26N+. The fourth-order valence-electron chi connectivity index (χ4n) is 3.94. The average Bonchev–Trinajstić information content (AvgIpc) is 2.71. The van der Waals surface area contributed by atoms with Crippen LogP contribution in [0.5, 0.6) is 0 Å². The summed E-state index contributed by atoms with van der Waals surface area (Å²) in [7, 11) is 0. The first-order valence-corrected chi connectivity index (χ1v) is 8.52. The van der Waals surface area contributed by atoms with Crippen LogP contribution < -0.4 is 4.57 Å². The van der Waals surface area contributed by atoms with Crippen molar-refractivity contribution in [3.8, 4) is 11.3 Å². The molecule has 2 aromatic rings. The molecule has 3 rings (SSSR count). The summed E-state index contributed by atoms with van der Waals surface area (Å²) in [5.41, 5.74) is 4.04. The van der Waals surface area contributed by atoms with Crippen LogP contribution in [0.2, 0.25) is 0 Å². The molecule has 1 nitrogen and oxygen atoms in total. The van der Waals surface area contributed by atoms with E-state index in [-0.39, 0.29) is 5.54 Å². The van der Waals surface area contributed by atoms with Gasteiger partial charge in [0.05, 0.1) is 5.56 Å². The smallest absolute Gasteiger partial charge is 0.189 e. The predicted molar refractivity (Wildman–Crippen MR) is 93.4 cm³/mol. The van der Waals surface area contributed by atoms with Crippen LogP contribution in [0, 0.1) is 5.92 Å². The van der Waals surface area contributed by atoms with Crippen molar-refractivity contribution >= 4 is 6.08 Å². The number of allylic oxidation sites excluding steroid dienone is 1. The standard InChI is InChI=1S/C21H26N/c1-4-10-17(3)21(5-2)15-14-18-11-6-7-12-19(18)20-13-8-9-16-22(20)21/h6-9,11-17H,4-5,10H2,1-3H3/q+1. The number of hydrogen-bond donors (Lipinski definition) is 0. The van der Waals surface area contributed by atoms with E-state index in [2.05, 4.69) is 86.2 Å². The Balaban J connectivity index is 2.27. The van der Waals surface area contributed by atoms with E-state index in [4.69, 9.17) is 0 Å². The molecule has 0 aliphatic carbocycles. The van der Waals surface area contributed by atoms with Crippen LogP contribution in [0.4, 0.5) is 0 Å². The molecule has 114 valence electrons. The van der Waals surface area contributed by atoms with Gasteiger partial charge in [-0.2, -0.15) is 4.57 Å². The molecule has 1 aliphatic heterocycles. The minimum absolute atomic E-state index is 0.0611. The third-order valence-electron chi connectivity index (χ3n) is 5.24. The number of hydrogen-bond acceptors (Lipinski definition) is 0. The quantitative estimate of drug-likeness (QED) is 0.681. The molecule has 22 heavy (non-hydrogen) atoms. The highest BCUT2D eigenvalue weighted by atomic mass is 15.1. The summed E-state index contributed by atoms with van der Waals surface area (Å²) in [6.45, 7) is 7.00. The summed E-state index contributed by atoms with van der Waals surface area (Å²) in [6, 6.07) is 15.3. The van der Waals surface area contributed by atoms with Crippen molar-refractivity contribution in [2.45, 2.75) is 45.6 Å². The molecule has 0 saturated carbocycles. The van der Waals surface area contributed by atoms with E-state index in [0.29, 0.717) is 5.92 Å². The van der Waals surface area contributed by atoms with E-state index < -0.39 is 0 Å². The zero-order chi connectivity index (χ0) is 15.6. The summed E-state index contributed by atoms with van der Waals surface area (Å²) in [6.07, 6.45) is 10.6. The number of nitrogens with zero attached hydrogens (tertiary/aromatic N) is 1. The van der Waals surface area contributed by atoms with Crippen molar-refractivity contribution < 1.29 is 4.57 Å². The second kappa shape index (κ2) is 6.08. The van der Waals surface area contributed by atoms with Gasteiger partial charge in [0.25, 0.3) is 0 Å². The van der Waals surface area contributed by atoms with Crippen LogP contribution in [0.3, 0.4) is 0 Å². The minimum atomic E-state index is 0.0611. The van der Waals surface area contributed by atoms with Crippen molar-refractivity contribution in [3.63, 3.8) is 0 Å². The maximum atomic E-state index is 2.51. The highest BCUT2D eigenvalue weighted by Gasteiger charge is 2.43. The van der Waals surface area contributed by atoms with Crippen LogP contribution in [0.1, 0.15) is 45.6 Å². The lowest BCUT2D eigenvalue weighted by atomic mass is 9.79. The predicted octanol–water partition coefficient (Wildman–Crippen LogP) is 5.21. The van der Waals surface area contributed by atoms with Crippen LogP contribution >= 0.6 is 0 Å². The zero-order valence-electron chi connectivity index (χ0n) is 13.9. The van der Waals surface area contributed by atoms with Gasteiger partial charge in [0.15, 0.2) is 11.7 Å². The number of rotatable bonds is 4. The van der Waals surface area contributed by atoms with Gasteiger partial charge in [-0.3, -0.25) is 0 Å². The molecule has 0 radical (unpaired) electrons. The van der Waals surface area contributed by atoms with Gasteiger partial charge in [-0.25, -0.2) is 0 Å². The van der Waals surface area contributed by atoms with Gasteiger partial charge in [0, 0.05) is 24.5 Å². The first-order chi connectivity index (χ1) is 10.7. The summed E-state index contributed by atoms with van der Waals surface area (Å²) in [4.78, 5) is 0. The Labute approximate surface area is 134 Å². The fraction of sp³-hybridized carbons (Fsp3) is 0.381. The first-order valence-electron chi connectivity index (χ1n) is 8.52. The third-order valence-corrected chi connectivity index (χ3v) is 5.24. The Morgan fingerprint density at radius 3 is 2.59 bits per heavy atom. The molecule has 0 spiro atoms. The maximum absolute atomic E-state index is 2.51. The number of aromatic nitrogens is 1. The minimum Gasteiger partial charge on any atom is -0.189 e. The molecular weight excluding hydrogens is 266 g/mol. The molecule has 1 aromatic heterocycles. The second-order valence-corrected chi connectivity index (χ2v) is 6.41. The lowest BCUT2D eigenvalue weighted by molar-refractivity contribution is -0.751. The zero-order valence-corrected chi connectivity index (χ0v) is 13.9. The van der Waals surface area contributed by atoms with E-state index in [1.165, 1.54) is 29.7 Å². The molecule has 2 unspecified atom stereocenters. The summed E-state index contributed by atoms with van der Waals surface area (Å²) in [5, 5.41) is 0. The SMILES string of the molecule is CCCC(C)C1(CC)C=Cc2ccccc2-c2cccc[n+]21. The van der Waals surface area contributed by atoms with Gasteiger partial charge in [-0.05, 0) is 30.2 Å². The van der Waals surface area contributed by atoms with Gasteiger partial charge in [0.1, 0.15) is 0 Å². The molecule has 0 saturated heterocycles. The van der Waals surface area contributed by atoms with Crippen molar-refractivity contribution in [2.24, 2.45) is 5.92 Å². The van der Waals surface area contributed by atoms with Gasteiger partial charge in [0.2, 0.25) is 5.69 Å². The fourth-order valence-corrected chi connectivity index (χ4v) is 3.94. The lowest BCUT2D eigenvalue weighted by Gasteiger charge is -2.31. The molecule has 1 heteroatoms. The molecule has 0 bridgehead atoms. The van der Waals surface area contributed by atoms with E-state index >= 15 is 0 Å². The lowest BCUT2D eigenvalue weighted by Crippen LogP contribution is -2.59. The van der Waals surface area contributed by atoms with Gasteiger partial charge in [-0.15, -0.1) is 0 Å². The Bertz CT molecular complexity index is 686. The summed E-state index contributed by atoms with van der Waals surface area (Å²) in [5.74, 6) is 0.610. The first kappa shape index (κ1) is 15.0. The van der Waals surface area contributed by atoms with E-state index in [1.54, 1.807) is 0 Å². The third kappa shape index (κ3) is 2.29. The topological polar surface area (TPSA) is 3.88 Å². The van der Waals surface area contributed by atoms with Gasteiger partial charge >= 0.3 is 0 Å². The Morgan fingerprint density at radius 2 is 1.82 bits per heavy atom. The van der Waals surface area contributed by atoms with Crippen LogP contribution in [0.15, 0.2) is 54.7 Å². The van der Waals surface area contributed by atoms with Gasteiger partial charge in [-0.1, -0.05) is 51.5 Å². The van der Waals surface area contributed by atoms with Crippen molar-refractivity contribution in [1.29, 1.82) is 0 Å². The highest BCUT2D eigenvalue weighted by Crippen LogP contribution is 2.36. The van der Waals surface area contributed by atoms with Crippen molar-refractivity contribution in [1.82, 2.24) is 0 Å². The molecule has 1 aliphatic rings. The number of pyridine rings is 1. The van der Waals surface area contributed by atoms with Crippen LogP contribution in [-0.4, -0.2) is 0 Å². The molecule has 2 heterocycles. The van der Waals surface area contributed by atoms with E-state index in [9.17, 15) is 0 Å². The highest BCUT2D eigenvalue weighted by molar-refractivity contribution is 5.72. The van der Waals surface area contributed by atoms with E-state index in [0.717, 1.165) is 6.42 Å². The Morgan fingerprint density at radius 1 is 1.05 bits per heavy atom. The van der Waals surface area contributed by atoms with Crippen LogP contribution in [0.25, 0.3) is 17.3 Å². The molecule has 0 N–H and O–H groups in total. The Hall–Kier alpha value is -1.89. The van der Waals surface area contributed by atoms with Crippen molar-refractivity contribution in [2.75, 3.05) is 0 Å². The molecule has 2 atom stereocenters.